The van der Waals surface area contributed by atoms with Gasteiger partial charge in [0.2, 0.25) is 5.95 Å². The molecule has 4 aromatic heterocycles. The van der Waals surface area contributed by atoms with Gasteiger partial charge in [-0.15, -0.1) is 0 Å². The van der Waals surface area contributed by atoms with Gasteiger partial charge in [0.25, 0.3) is 0 Å². The average Bonchev–Trinajstić information content (AvgIpc) is 3.74. The summed E-state index contributed by atoms with van der Waals surface area (Å²) in [5.41, 5.74) is 10.1. The Morgan fingerprint density at radius 3 is 2.00 bits per heavy atom. The minimum absolute atomic E-state index is 0.824. The Bertz CT molecular complexity index is 2740. The molecule has 0 fully saturated rings. The standard InChI is InChI=1S/C38H22N4O/c1-4-12-30-28(11-1)37-39-31-13-5-7-15-34(31)42(37)38(40-30)41-32-14-6-2-9-25(32)29-21-23(18-20-33(29)41)24-17-19-27-26-10-3-8-16-35(26)43-36(27)22-24/h1-22H. The van der Waals surface area contributed by atoms with E-state index in [1.807, 2.05) is 30.3 Å². The van der Waals surface area contributed by atoms with E-state index in [1.54, 1.807) is 0 Å². The number of imidazole rings is 1. The molecule has 0 radical (unpaired) electrons. The van der Waals surface area contributed by atoms with Crippen LogP contribution in [0.4, 0.5) is 0 Å². The lowest BCUT2D eigenvalue weighted by Crippen LogP contribution is -2.06. The highest BCUT2D eigenvalue weighted by Crippen LogP contribution is 2.38. The molecule has 43 heavy (non-hydrogen) atoms. The predicted octanol–water partition coefficient (Wildman–Crippen LogP) is 9.70. The molecule has 0 aliphatic rings. The third kappa shape index (κ3) is 3.11. The summed E-state index contributed by atoms with van der Waals surface area (Å²) in [7, 11) is 0. The van der Waals surface area contributed by atoms with Gasteiger partial charge in [-0.1, -0.05) is 72.8 Å². The maximum absolute atomic E-state index is 6.22. The third-order valence-electron chi connectivity index (χ3n) is 8.71. The van der Waals surface area contributed by atoms with Crippen LogP contribution in [-0.4, -0.2) is 18.9 Å². The number of hydrogen-bond donors (Lipinski definition) is 0. The Labute approximate surface area is 244 Å². The van der Waals surface area contributed by atoms with Gasteiger partial charge in [-0.05, 0) is 71.8 Å². The molecule has 0 saturated heterocycles. The number of fused-ring (bicyclic) bond motifs is 11. The zero-order valence-electron chi connectivity index (χ0n) is 22.9. The van der Waals surface area contributed by atoms with E-state index >= 15 is 0 Å². The molecule has 10 rings (SSSR count). The molecule has 0 N–H and O–H groups in total. The number of hydrogen-bond acceptors (Lipinski definition) is 3. The van der Waals surface area contributed by atoms with Crippen LogP contribution in [0.2, 0.25) is 0 Å². The minimum Gasteiger partial charge on any atom is -0.456 e. The zero-order chi connectivity index (χ0) is 28.1. The summed E-state index contributed by atoms with van der Waals surface area (Å²) >= 11 is 0. The first-order valence-electron chi connectivity index (χ1n) is 14.4. The first-order chi connectivity index (χ1) is 21.3. The molecular formula is C38H22N4O. The molecule has 0 amide bonds. The van der Waals surface area contributed by atoms with Gasteiger partial charge < -0.3 is 4.42 Å². The van der Waals surface area contributed by atoms with Crippen molar-refractivity contribution in [1.29, 1.82) is 0 Å². The van der Waals surface area contributed by atoms with Gasteiger partial charge in [0.1, 0.15) is 16.8 Å². The second-order valence-electron chi connectivity index (χ2n) is 11.1. The fourth-order valence-electron chi connectivity index (χ4n) is 6.75. The monoisotopic (exact) mass is 550 g/mol. The van der Waals surface area contributed by atoms with Crippen LogP contribution in [0.5, 0.6) is 0 Å². The molecule has 0 aliphatic heterocycles. The van der Waals surface area contributed by atoms with Crippen molar-refractivity contribution in [3.05, 3.63) is 133 Å². The summed E-state index contributed by atoms with van der Waals surface area (Å²) in [5, 5.41) is 5.66. The zero-order valence-corrected chi connectivity index (χ0v) is 22.9. The lowest BCUT2D eigenvalue weighted by Gasteiger charge is -2.12. The van der Waals surface area contributed by atoms with E-state index in [1.165, 1.54) is 10.8 Å². The molecule has 6 aromatic carbocycles. The highest BCUT2D eigenvalue weighted by Gasteiger charge is 2.20. The fourth-order valence-corrected chi connectivity index (χ4v) is 6.75. The Morgan fingerprint density at radius 2 is 1.09 bits per heavy atom. The van der Waals surface area contributed by atoms with E-state index in [0.29, 0.717) is 0 Å². The van der Waals surface area contributed by atoms with Crippen LogP contribution in [-0.2, 0) is 0 Å². The van der Waals surface area contributed by atoms with E-state index in [9.17, 15) is 0 Å². The normalized spacial score (nSPS) is 12.2. The number of nitrogens with zero attached hydrogens (tertiary/aromatic N) is 4. The van der Waals surface area contributed by atoms with Crippen LogP contribution >= 0.6 is 0 Å². The Morgan fingerprint density at radius 1 is 0.442 bits per heavy atom. The van der Waals surface area contributed by atoms with Gasteiger partial charge in [-0.25, -0.2) is 9.97 Å². The van der Waals surface area contributed by atoms with Crippen molar-refractivity contribution in [2.45, 2.75) is 0 Å². The van der Waals surface area contributed by atoms with Crippen LogP contribution in [0.25, 0.3) is 88.4 Å². The lowest BCUT2D eigenvalue weighted by molar-refractivity contribution is 0.669. The summed E-state index contributed by atoms with van der Waals surface area (Å²) in [6.45, 7) is 0. The van der Waals surface area contributed by atoms with Crippen molar-refractivity contribution >= 4 is 71.3 Å². The Balaban J connectivity index is 1.27. The fraction of sp³-hybridized carbons (Fsp3) is 0. The number of rotatable bonds is 2. The van der Waals surface area contributed by atoms with Gasteiger partial charge in [-0.2, -0.15) is 0 Å². The lowest BCUT2D eigenvalue weighted by atomic mass is 10.0. The largest absolute Gasteiger partial charge is 0.456 e. The highest BCUT2D eigenvalue weighted by molar-refractivity contribution is 6.11. The Hall–Kier alpha value is -5.94. The van der Waals surface area contributed by atoms with E-state index in [4.69, 9.17) is 14.4 Å². The molecule has 0 unspecified atom stereocenters. The number of furan rings is 1. The van der Waals surface area contributed by atoms with Crippen molar-refractivity contribution in [3.8, 4) is 17.1 Å². The van der Waals surface area contributed by atoms with Gasteiger partial charge in [0.15, 0.2) is 0 Å². The number of para-hydroxylation sites is 5. The maximum atomic E-state index is 6.22. The molecule has 0 aliphatic carbocycles. The highest BCUT2D eigenvalue weighted by atomic mass is 16.3. The second-order valence-corrected chi connectivity index (χ2v) is 11.1. The van der Waals surface area contributed by atoms with Crippen molar-refractivity contribution < 1.29 is 4.42 Å². The van der Waals surface area contributed by atoms with Gasteiger partial charge in [0.05, 0.1) is 27.6 Å². The van der Waals surface area contributed by atoms with E-state index in [0.717, 1.165) is 77.6 Å². The van der Waals surface area contributed by atoms with E-state index in [2.05, 4.69) is 112 Å². The van der Waals surface area contributed by atoms with Crippen LogP contribution in [0.3, 0.4) is 0 Å². The summed E-state index contributed by atoms with van der Waals surface area (Å²) in [5.74, 6) is 0.824. The maximum Gasteiger partial charge on any atom is 0.221 e. The minimum atomic E-state index is 0.824. The van der Waals surface area contributed by atoms with Crippen LogP contribution < -0.4 is 0 Å². The van der Waals surface area contributed by atoms with Crippen molar-refractivity contribution in [2.75, 3.05) is 0 Å². The molecule has 0 atom stereocenters. The van der Waals surface area contributed by atoms with Crippen LogP contribution in [0, 0.1) is 0 Å². The van der Waals surface area contributed by atoms with Gasteiger partial charge in [-0.3, -0.25) is 8.97 Å². The van der Waals surface area contributed by atoms with Crippen molar-refractivity contribution in [1.82, 2.24) is 18.9 Å². The number of benzene rings is 6. The van der Waals surface area contributed by atoms with Gasteiger partial charge >= 0.3 is 0 Å². The molecule has 0 bridgehead atoms. The smallest absolute Gasteiger partial charge is 0.221 e. The van der Waals surface area contributed by atoms with Crippen molar-refractivity contribution in [2.24, 2.45) is 0 Å². The molecule has 10 aromatic rings. The third-order valence-corrected chi connectivity index (χ3v) is 8.71. The van der Waals surface area contributed by atoms with Crippen LogP contribution in [0.1, 0.15) is 0 Å². The van der Waals surface area contributed by atoms with Crippen LogP contribution in [0.15, 0.2) is 138 Å². The molecule has 4 heterocycles. The second kappa shape index (κ2) is 8.30. The van der Waals surface area contributed by atoms with E-state index in [-0.39, 0.29) is 0 Å². The molecule has 200 valence electrons. The van der Waals surface area contributed by atoms with E-state index < -0.39 is 0 Å². The Kier molecular flexibility index (Phi) is 4.39. The quantitative estimate of drug-likeness (QED) is 0.215. The molecule has 5 heteroatoms. The molecule has 0 saturated carbocycles. The van der Waals surface area contributed by atoms with Gasteiger partial charge in [0, 0.05) is 26.9 Å². The molecular weight excluding hydrogens is 528 g/mol. The summed E-state index contributed by atoms with van der Waals surface area (Å²) in [4.78, 5) is 10.3. The summed E-state index contributed by atoms with van der Waals surface area (Å²) in [6.07, 6.45) is 0. The SMILES string of the molecule is c1ccc2c(c1)nc(-n1c3ccccc3c3cc(-c4ccc5c(c4)oc4ccccc45)ccc31)n1c3ccccc3nc21. The molecule has 0 spiro atoms. The molecule has 5 nitrogen and oxygen atoms in total. The number of aromatic nitrogens is 4. The summed E-state index contributed by atoms with van der Waals surface area (Å²) in [6, 6.07) is 46.6. The topological polar surface area (TPSA) is 48.3 Å². The van der Waals surface area contributed by atoms with Crippen molar-refractivity contribution in [3.63, 3.8) is 0 Å². The predicted molar refractivity (Wildman–Crippen MR) is 175 cm³/mol. The first kappa shape index (κ1) is 22.7. The first-order valence-corrected chi connectivity index (χ1v) is 14.4. The summed E-state index contributed by atoms with van der Waals surface area (Å²) < 4.78 is 10.7. The average molecular weight is 551 g/mol.